The zero-order chi connectivity index (χ0) is 14.8. The molecule has 0 spiro atoms. The van der Waals surface area contributed by atoms with E-state index in [9.17, 15) is 9.59 Å². The van der Waals surface area contributed by atoms with Gasteiger partial charge in [-0.25, -0.2) is 0 Å². The third-order valence-electron chi connectivity index (χ3n) is 2.37. The Morgan fingerprint density at radius 2 is 1.95 bits per heavy atom. The van der Waals surface area contributed by atoms with Gasteiger partial charge in [-0.1, -0.05) is 18.2 Å². The highest BCUT2D eigenvalue weighted by Crippen LogP contribution is 2.26. The van der Waals surface area contributed by atoms with Gasteiger partial charge in [0.2, 0.25) is 11.8 Å². The number of anilines is 1. The van der Waals surface area contributed by atoms with E-state index in [2.05, 4.69) is 22.5 Å². The van der Waals surface area contributed by atoms with Gasteiger partial charge in [-0.05, 0) is 12.1 Å². The molecular formula is C14H19N3O2S. The Kier molecular flexibility index (Phi) is 7.46. The highest BCUT2D eigenvalue weighted by Gasteiger charge is 2.07. The third kappa shape index (κ3) is 5.90. The summed E-state index contributed by atoms with van der Waals surface area (Å²) >= 11 is 1.60. The molecule has 3 N–H and O–H groups in total. The Morgan fingerprint density at radius 3 is 2.65 bits per heavy atom. The first-order valence-electron chi connectivity index (χ1n) is 6.21. The lowest BCUT2D eigenvalue weighted by Gasteiger charge is -2.10. The van der Waals surface area contributed by atoms with Crippen LogP contribution in [0.3, 0.4) is 0 Å². The summed E-state index contributed by atoms with van der Waals surface area (Å²) in [5.41, 5.74) is 0.770. The van der Waals surface area contributed by atoms with Crippen LogP contribution < -0.4 is 16.0 Å². The summed E-state index contributed by atoms with van der Waals surface area (Å²) in [4.78, 5) is 23.8. The number of para-hydroxylation sites is 1. The summed E-state index contributed by atoms with van der Waals surface area (Å²) in [7, 11) is 1.55. The van der Waals surface area contributed by atoms with Crippen LogP contribution in [0.25, 0.3) is 0 Å². The Balaban J connectivity index is 2.48. The maximum atomic E-state index is 11.8. The SMILES string of the molecule is C=CCSc1ccccc1NC(=O)CNCC(=O)NC. The predicted molar refractivity (Wildman–Crippen MR) is 82.9 cm³/mol. The molecule has 0 aromatic heterocycles. The highest BCUT2D eigenvalue weighted by molar-refractivity contribution is 7.99. The molecule has 0 aliphatic rings. The van der Waals surface area contributed by atoms with Crippen LogP contribution in [0.5, 0.6) is 0 Å². The van der Waals surface area contributed by atoms with Crippen LogP contribution in [-0.4, -0.2) is 37.7 Å². The van der Waals surface area contributed by atoms with Crippen LogP contribution in [0, 0.1) is 0 Å². The summed E-state index contributed by atoms with van der Waals surface area (Å²) in [5, 5.41) is 8.07. The van der Waals surface area contributed by atoms with E-state index in [0.29, 0.717) is 0 Å². The number of nitrogens with one attached hydrogen (secondary N) is 3. The average Bonchev–Trinajstić information content (AvgIpc) is 2.46. The van der Waals surface area contributed by atoms with Gasteiger partial charge in [0, 0.05) is 17.7 Å². The number of carbonyl (C=O) groups excluding carboxylic acids is 2. The maximum Gasteiger partial charge on any atom is 0.238 e. The van der Waals surface area contributed by atoms with E-state index >= 15 is 0 Å². The molecule has 6 heteroatoms. The minimum atomic E-state index is -0.180. The molecule has 0 aliphatic heterocycles. The molecule has 0 radical (unpaired) electrons. The van der Waals surface area contributed by atoms with Crippen molar-refractivity contribution in [3.05, 3.63) is 36.9 Å². The van der Waals surface area contributed by atoms with Gasteiger partial charge < -0.3 is 10.6 Å². The topological polar surface area (TPSA) is 70.2 Å². The average molecular weight is 293 g/mol. The Morgan fingerprint density at radius 1 is 1.25 bits per heavy atom. The number of likely N-dealkylation sites (N-methyl/N-ethyl adjacent to an activating group) is 1. The molecule has 108 valence electrons. The van der Waals surface area contributed by atoms with Crippen LogP contribution in [0.4, 0.5) is 5.69 Å². The number of rotatable bonds is 8. The van der Waals surface area contributed by atoms with Crippen molar-refractivity contribution in [1.82, 2.24) is 10.6 Å². The number of hydrogen-bond acceptors (Lipinski definition) is 4. The molecule has 0 atom stereocenters. The van der Waals surface area contributed by atoms with Gasteiger partial charge in [-0.2, -0.15) is 0 Å². The zero-order valence-corrected chi connectivity index (χ0v) is 12.3. The second-order valence-corrected chi connectivity index (χ2v) is 4.98. The number of thioether (sulfide) groups is 1. The summed E-state index contributed by atoms with van der Waals surface area (Å²) in [5.74, 6) is 0.447. The Bertz CT molecular complexity index is 477. The van der Waals surface area contributed by atoms with Crippen LogP contribution in [0.2, 0.25) is 0 Å². The molecule has 2 amide bonds. The van der Waals surface area contributed by atoms with Crippen molar-refractivity contribution in [1.29, 1.82) is 0 Å². The molecule has 0 unspecified atom stereocenters. The fourth-order valence-corrected chi connectivity index (χ4v) is 2.16. The number of carbonyl (C=O) groups is 2. The van der Waals surface area contributed by atoms with Gasteiger partial charge in [-0.15, -0.1) is 18.3 Å². The van der Waals surface area contributed by atoms with E-state index < -0.39 is 0 Å². The molecule has 0 saturated heterocycles. The Hall–Kier alpha value is -1.79. The molecular weight excluding hydrogens is 274 g/mol. The zero-order valence-electron chi connectivity index (χ0n) is 11.4. The molecule has 0 fully saturated rings. The molecule has 0 bridgehead atoms. The molecule has 0 saturated carbocycles. The van der Waals surface area contributed by atoms with Gasteiger partial charge >= 0.3 is 0 Å². The number of hydrogen-bond donors (Lipinski definition) is 3. The van der Waals surface area contributed by atoms with E-state index in [4.69, 9.17) is 0 Å². The van der Waals surface area contributed by atoms with Gasteiger partial charge in [0.05, 0.1) is 18.8 Å². The summed E-state index contributed by atoms with van der Waals surface area (Å²) < 4.78 is 0. The van der Waals surface area contributed by atoms with Crippen LogP contribution in [-0.2, 0) is 9.59 Å². The summed E-state index contributed by atoms with van der Waals surface area (Å²) in [6.45, 7) is 3.89. The van der Waals surface area contributed by atoms with Crippen molar-refractivity contribution < 1.29 is 9.59 Å². The van der Waals surface area contributed by atoms with Crippen LogP contribution in [0.15, 0.2) is 41.8 Å². The Labute approximate surface area is 123 Å². The second-order valence-electron chi connectivity index (χ2n) is 3.92. The van der Waals surface area contributed by atoms with Gasteiger partial charge in [0.25, 0.3) is 0 Å². The maximum absolute atomic E-state index is 11.8. The van der Waals surface area contributed by atoms with Crippen molar-refractivity contribution in [2.75, 3.05) is 31.2 Å². The van der Waals surface area contributed by atoms with E-state index in [1.54, 1.807) is 18.8 Å². The minimum absolute atomic E-state index is 0.0912. The summed E-state index contributed by atoms with van der Waals surface area (Å²) in [6.07, 6.45) is 1.81. The highest BCUT2D eigenvalue weighted by atomic mass is 32.2. The molecule has 5 nitrogen and oxygen atoms in total. The lowest BCUT2D eigenvalue weighted by Crippen LogP contribution is -2.36. The fourth-order valence-electron chi connectivity index (χ4n) is 1.42. The molecule has 1 aromatic carbocycles. The van der Waals surface area contributed by atoms with Gasteiger partial charge in [0.1, 0.15) is 0 Å². The third-order valence-corrected chi connectivity index (χ3v) is 3.44. The lowest BCUT2D eigenvalue weighted by molar-refractivity contribution is -0.119. The standard InChI is InChI=1S/C14H19N3O2S/c1-3-8-20-12-7-5-4-6-11(12)17-14(19)10-16-9-13(18)15-2/h3-7,16H,1,8-10H2,2H3,(H,15,18)(H,17,19). The van der Waals surface area contributed by atoms with Crippen molar-refractivity contribution in [3.8, 4) is 0 Å². The first-order chi connectivity index (χ1) is 9.67. The molecule has 20 heavy (non-hydrogen) atoms. The molecule has 0 aliphatic carbocycles. The van der Waals surface area contributed by atoms with Crippen molar-refractivity contribution in [3.63, 3.8) is 0 Å². The first kappa shape index (κ1) is 16.3. The number of amides is 2. The van der Waals surface area contributed by atoms with Gasteiger partial charge in [0.15, 0.2) is 0 Å². The lowest BCUT2D eigenvalue weighted by atomic mass is 10.3. The van der Waals surface area contributed by atoms with E-state index in [-0.39, 0.29) is 24.9 Å². The van der Waals surface area contributed by atoms with Crippen molar-refractivity contribution in [2.24, 2.45) is 0 Å². The monoisotopic (exact) mass is 293 g/mol. The smallest absolute Gasteiger partial charge is 0.238 e. The number of benzene rings is 1. The van der Waals surface area contributed by atoms with Crippen LogP contribution in [0.1, 0.15) is 0 Å². The van der Waals surface area contributed by atoms with Gasteiger partial charge in [-0.3, -0.25) is 14.9 Å². The molecule has 0 heterocycles. The first-order valence-corrected chi connectivity index (χ1v) is 7.19. The quantitative estimate of drug-likeness (QED) is 0.498. The fraction of sp³-hybridized carbons (Fsp3) is 0.286. The van der Waals surface area contributed by atoms with E-state index in [1.807, 2.05) is 30.3 Å². The van der Waals surface area contributed by atoms with E-state index in [1.165, 1.54) is 0 Å². The molecule has 1 rings (SSSR count). The minimum Gasteiger partial charge on any atom is -0.358 e. The second kappa shape index (κ2) is 9.17. The summed E-state index contributed by atoms with van der Waals surface area (Å²) in [6, 6.07) is 7.58. The van der Waals surface area contributed by atoms with E-state index in [0.717, 1.165) is 16.3 Å². The predicted octanol–water partition coefficient (Wildman–Crippen LogP) is 1.24. The van der Waals surface area contributed by atoms with Crippen molar-refractivity contribution >= 4 is 29.3 Å². The van der Waals surface area contributed by atoms with Crippen molar-refractivity contribution in [2.45, 2.75) is 4.90 Å². The normalized spacial score (nSPS) is 9.85. The largest absolute Gasteiger partial charge is 0.358 e. The molecule has 1 aromatic rings. The van der Waals surface area contributed by atoms with Crippen LogP contribution >= 0.6 is 11.8 Å².